The Morgan fingerprint density at radius 3 is 3.25 bits per heavy atom. The maximum absolute atomic E-state index is 12.0. The third-order valence-electron chi connectivity index (χ3n) is 3.25. The number of nitrogens with one attached hydrogen (secondary N) is 1. The normalized spacial score (nSPS) is 20.4. The number of aliphatic hydroxyl groups is 1. The van der Waals surface area contributed by atoms with Crippen LogP contribution in [0, 0.1) is 0 Å². The molecule has 1 aromatic heterocycles. The van der Waals surface area contributed by atoms with E-state index in [1.165, 1.54) is 6.26 Å². The van der Waals surface area contributed by atoms with Gasteiger partial charge >= 0.3 is 6.03 Å². The Bertz CT molecular complexity index is 432. The second kappa shape index (κ2) is 7.12. The second-order valence-electron chi connectivity index (χ2n) is 4.66. The lowest BCUT2D eigenvalue weighted by Crippen LogP contribution is -2.52. The summed E-state index contributed by atoms with van der Waals surface area (Å²) in [5.41, 5.74) is 0. The van der Waals surface area contributed by atoms with Crippen molar-refractivity contribution in [2.45, 2.75) is 18.6 Å². The van der Waals surface area contributed by atoms with Crippen LogP contribution in [0.2, 0.25) is 0 Å². The first-order valence-electron chi connectivity index (χ1n) is 6.67. The minimum atomic E-state index is -0.744. The molecule has 0 bridgehead atoms. The first-order valence-corrected chi connectivity index (χ1v) is 6.67. The van der Waals surface area contributed by atoms with Crippen molar-refractivity contribution in [1.29, 1.82) is 0 Å². The van der Waals surface area contributed by atoms with E-state index in [2.05, 4.69) is 11.9 Å². The first-order chi connectivity index (χ1) is 9.72. The zero-order chi connectivity index (χ0) is 14.4. The molecule has 2 heterocycles. The summed E-state index contributed by atoms with van der Waals surface area (Å²) in [7, 11) is 0. The highest BCUT2D eigenvalue weighted by atomic mass is 16.5. The van der Waals surface area contributed by atoms with E-state index in [1.54, 1.807) is 23.1 Å². The number of carbonyl (C=O) groups is 1. The molecule has 2 amide bonds. The fourth-order valence-electron chi connectivity index (χ4n) is 2.23. The average molecular weight is 280 g/mol. The van der Waals surface area contributed by atoms with Gasteiger partial charge in [0, 0.05) is 19.5 Å². The van der Waals surface area contributed by atoms with Crippen LogP contribution >= 0.6 is 0 Å². The molecule has 1 saturated heterocycles. The average Bonchev–Trinajstić information content (AvgIpc) is 2.99. The molecule has 1 aliphatic heterocycles. The molecule has 0 aromatic carbocycles. The van der Waals surface area contributed by atoms with Gasteiger partial charge in [-0.3, -0.25) is 0 Å². The number of amides is 2. The van der Waals surface area contributed by atoms with Crippen molar-refractivity contribution >= 4 is 6.03 Å². The minimum absolute atomic E-state index is 0.162. The fraction of sp³-hybridized carbons (Fsp3) is 0.500. The van der Waals surface area contributed by atoms with Gasteiger partial charge in [-0.1, -0.05) is 6.08 Å². The molecule has 1 aliphatic rings. The Labute approximate surface area is 118 Å². The molecular formula is C14H20N2O4. The minimum Gasteiger partial charge on any atom is -0.467 e. The predicted octanol–water partition coefficient (Wildman–Crippen LogP) is 1.30. The van der Waals surface area contributed by atoms with Crippen molar-refractivity contribution in [3.8, 4) is 0 Å². The number of ether oxygens (including phenoxy) is 1. The van der Waals surface area contributed by atoms with Crippen LogP contribution in [0.25, 0.3) is 0 Å². The van der Waals surface area contributed by atoms with Crippen molar-refractivity contribution in [2.75, 3.05) is 26.3 Å². The number of hydrogen-bond acceptors (Lipinski definition) is 4. The topological polar surface area (TPSA) is 74.9 Å². The molecule has 2 unspecified atom stereocenters. The monoisotopic (exact) mass is 280 g/mol. The number of nitrogens with zero attached hydrogens (tertiary/aromatic N) is 1. The third-order valence-corrected chi connectivity index (χ3v) is 3.25. The summed E-state index contributed by atoms with van der Waals surface area (Å²) in [6, 6.07) is 3.11. The lowest BCUT2D eigenvalue weighted by atomic mass is 10.1. The molecular weight excluding hydrogens is 260 g/mol. The van der Waals surface area contributed by atoms with Gasteiger partial charge in [0.05, 0.1) is 25.5 Å². The van der Waals surface area contributed by atoms with Gasteiger partial charge in [-0.05, 0) is 12.1 Å². The summed E-state index contributed by atoms with van der Waals surface area (Å²) < 4.78 is 10.6. The van der Waals surface area contributed by atoms with Crippen molar-refractivity contribution < 1.29 is 19.1 Å². The summed E-state index contributed by atoms with van der Waals surface area (Å²) in [6.07, 6.45) is 2.79. The van der Waals surface area contributed by atoms with Gasteiger partial charge in [0.15, 0.2) is 0 Å². The standard InChI is InChI=1S/C14H20N2O4/c1-2-5-15-14(18)16-6-8-19-10-11(16)9-12(17)13-4-3-7-20-13/h2-4,7,11-12,17H,1,5-6,8-10H2,(H,15,18). The zero-order valence-electron chi connectivity index (χ0n) is 11.3. The highest BCUT2D eigenvalue weighted by Crippen LogP contribution is 2.22. The van der Waals surface area contributed by atoms with Crippen LogP contribution in [0.4, 0.5) is 4.79 Å². The molecule has 1 fully saturated rings. The summed E-state index contributed by atoms with van der Waals surface area (Å²) in [5, 5.41) is 12.9. The summed E-state index contributed by atoms with van der Waals surface area (Å²) in [6.45, 7) is 5.43. The Hall–Kier alpha value is -1.79. The van der Waals surface area contributed by atoms with Crippen LogP contribution in [-0.2, 0) is 4.74 Å². The molecule has 0 saturated carbocycles. The van der Waals surface area contributed by atoms with E-state index in [9.17, 15) is 9.90 Å². The molecule has 2 rings (SSSR count). The van der Waals surface area contributed by atoms with E-state index in [0.29, 0.717) is 38.5 Å². The quantitative estimate of drug-likeness (QED) is 0.797. The number of hydrogen-bond donors (Lipinski definition) is 2. The number of urea groups is 1. The van der Waals surface area contributed by atoms with Crippen molar-refractivity contribution in [1.82, 2.24) is 10.2 Å². The van der Waals surface area contributed by atoms with Crippen molar-refractivity contribution in [2.24, 2.45) is 0 Å². The van der Waals surface area contributed by atoms with Crippen molar-refractivity contribution in [3.05, 3.63) is 36.8 Å². The molecule has 110 valence electrons. The Kier molecular flexibility index (Phi) is 5.20. The molecule has 1 aromatic rings. The second-order valence-corrected chi connectivity index (χ2v) is 4.66. The van der Waals surface area contributed by atoms with Crippen LogP contribution in [0.3, 0.4) is 0 Å². The van der Waals surface area contributed by atoms with E-state index < -0.39 is 6.10 Å². The van der Waals surface area contributed by atoms with Crippen LogP contribution < -0.4 is 5.32 Å². The number of furan rings is 1. The largest absolute Gasteiger partial charge is 0.467 e. The first kappa shape index (κ1) is 14.6. The predicted molar refractivity (Wildman–Crippen MR) is 73.2 cm³/mol. The molecule has 2 N–H and O–H groups in total. The molecule has 0 radical (unpaired) electrons. The third kappa shape index (κ3) is 3.61. The number of morpholine rings is 1. The molecule has 20 heavy (non-hydrogen) atoms. The maximum atomic E-state index is 12.0. The van der Waals surface area contributed by atoms with Crippen LogP contribution in [0.15, 0.2) is 35.5 Å². The van der Waals surface area contributed by atoms with Gasteiger partial charge in [0.2, 0.25) is 0 Å². The van der Waals surface area contributed by atoms with Gasteiger partial charge in [0.1, 0.15) is 11.9 Å². The summed E-state index contributed by atoms with van der Waals surface area (Å²) in [5.74, 6) is 0.502. The van der Waals surface area contributed by atoms with E-state index in [4.69, 9.17) is 9.15 Å². The molecule has 2 atom stereocenters. The SMILES string of the molecule is C=CCNC(=O)N1CCOCC1CC(O)c1ccco1. The van der Waals surface area contributed by atoms with Crippen LogP contribution in [-0.4, -0.2) is 48.4 Å². The van der Waals surface area contributed by atoms with Gasteiger partial charge in [-0.2, -0.15) is 0 Å². The Morgan fingerprint density at radius 2 is 2.55 bits per heavy atom. The molecule has 6 nitrogen and oxygen atoms in total. The molecule has 6 heteroatoms. The molecule has 0 aliphatic carbocycles. The van der Waals surface area contributed by atoms with Gasteiger partial charge in [-0.25, -0.2) is 4.79 Å². The van der Waals surface area contributed by atoms with E-state index in [-0.39, 0.29) is 12.1 Å². The zero-order valence-corrected chi connectivity index (χ0v) is 11.3. The van der Waals surface area contributed by atoms with Crippen molar-refractivity contribution in [3.63, 3.8) is 0 Å². The fourth-order valence-corrected chi connectivity index (χ4v) is 2.23. The van der Waals surface area contributed by atoms with E-state index in [0.717, 1.165) is 0 Å². The van der Waals surface area contributed by atoms with Gasteiger partial charge < -0.3 is 24.5 Å². The molecule has 0 spiro atoms. The summed E-state index contributed by atoms with van der Waals surface area (Å²) in [4.78, 5) is 13.7. The van der Waals surface area contributed by atoms with Gasteiger partial charge in [-0.15, -0.1) is 6.58 Å². The number of rotatable bonds is 5. The van der Waals surface area contributed by atoms with Gasteiger partial charge in [0.25, 0.3) is 0 Å². The lowest BCUT2D eigenvalue weighted by Gasteiger charge is -2.36. The lowest BCUT2D eigenvalue weighted by molar-refractivity contribution is -0.00951. The van der Waals surface area contributed by atoms with E-state index in [1.807, 2.05) is 0 Å². The Morgan fingerprint density at radius 1 is 1.70 bits per heavy atom. The highest BCUT2D eigenvalue weighted by Gasteiger charge is 2.29. The Balaban J connectivity index is 1.96. The number of aliphatic hydroxyl groups excluding tert-OH is 1. The maximum Gasteiger partial charge on any atom is 0.318 e. The summed E-state index contributed by atoms with van der Waals surface area (Å²) >= 11 is 0. The smallest absolute Gasteiger partial charge is 0.318 e. The van der Waals surface area contributed by atoms with Crippen LogP contribution in [0.1, 0.15) is 18.3 Å². The van der Waals surface area contributed by atoms with Crippen LogP contribution in [0.5, 0.6) is 0 Å². The highest BCUT2D eigenvalue weighted by molar-refractivity contribution is 5.74. The number of carbonyl (C=O) groups excluding carboxylic acids is 1. The van der Waals surface area contributed by atoms with E-state index >= 15 is 0 Å².